The lowest BCUT2D eigenvalue weighted by atomic mass is 10.1. The lowest BCUT2D eigenvalue weighted by molar-refractivity contribution is -0.117. The van der Waals surface area contributed by atoms with Gasteiger partial charge in [-0.3, -0.25) is 9.69 Å². The van der Waals surface area contributed by atoms with Gasteiger partial charge in [0.05, 0.1) is 22.3 Å². The largest absolute Gasteiger partial charge is 0.322 e. The molecule has 1 N–H and O–H groups in total. The van der Waals surface area contributed by atoms with E-state index in [-0.39, 0.29) is 24.3 Å². The standard InChI is InChI=1S/C18H19Cl2FN2O/c1-3-23(12(2)13-7-9-14(21)10-8-13)11-17(24)22-18-15(19)5-4-6-16(18)20/h4-10,12H,3,11H2,1-2H3,(H,22,24)/t12-/m0/s1. The minimum Gasteiger partial charge on any atom is -0.322 e. The Morgan fingerprint density at radius 2 is 1.75 bits per heavy atom. The molecule has 0 saturated carbocycles. The Labute approximate surface area is 151 Å². The van der Waals surface area contributed by atoms with Gasteiger partial charge in [-0.1, -0.05) is 48.3 Å². The number of nitrogens with one attached hydrogen (secondary N) is 1. The molecule has 2 aromatic carbocycles. The molecule has 0 heterocycles. The van der Waals surface area contributed by atoms with Gasteiger partial charge in [-0.05, 0) is 43.3 Å². The second-order valence-electron chi connectivity index (χ2n) is 5.44. The van der Waals surface area contributed by atoms with Gasteiger partial charge in [0.1, 0.15) is 5.82 Å². The molecule has 24 heavy (non-hydrogen) atoms. The number of carbonyl (C=O) groups is 1. The summed E-state index contributed by atoms with van der Waals surface area (Å²) in [5, 5.41) is 3.54. The molecule has 0 aromatic heterocycles. The monoisotopic (exact) mass is 368 g/mol. The van der Waals surface area contributed by atoms with Crippen LogP contribution in [0.15, 0.2) is 42.5 Å². The number of nitrogens with zero attached hydrogens (tertiary/aromatic N) is 1. The van der Waals surface area contributed by atoms with E-state index in [1.54, 1.807) is 30.3 Å². The number of likely N-dealkylation sites (N-methyl/N-ethyl adjacent to an activating group) is 1. The van der Waals surface area contributed by atoms with Gasteiger partial charge in [0.15, 0.2) is 0 Å². The Morgan fingerprint density at radius 3 is 2.29 bits per heavy atom. The van der Waals surface area contributed by atoms with Crippen LogP contribution in [0.5, 0.6) is 0 Å². The van der Waals surface area contributed by atoms with Crippen molar-refractivity contribution in [2.24, 2.45) is 0 Å². The molecule has 0 unspecified atom stereocenters. The quantitative estimate of drug-likeness (QED) is 0.763. The first-order valence-electron chi connectivity index (χ1n) is 7.65. The fourth-order valence-electron chi connectivity index (χ4n) is 2.46. The lowest BCUT2D eigenvalue weighted by Gasteiger charge is -2.27. The van der Waals surface area contributed by atoms with Crippen LogP contribution < -0.4 is 5.32 Å². The highest BCUT2D eigenvalue weighted by Gasteiger charge is 2.18. The third-order valence-corrected chi connectivity index (χ3v) is 4.51. The average Bonchev–Trinajstić information content (AvgIpc) is 2.56. The molecule has 6 heteroatoms. The van der Waals surface area contributed by atoms with Crippen LogP contribution in [-0.4, -0.2) is 23.9 Å². The molecule has 0 saturated heterocycles. The number of hydrogen-bond donors (Lipinski definition) is 1. The van der Waals surface area contributed by atoms with Gasteiger partial charge >= 0.3 is 0 Å². The van der Waals surface area contributed by atoms with E-state index in [0.717, 1.165) is 5.56 Å². The zero-order chi connectivity index (χ0) is 17.7. The summed E-state index contributed by atoms with van der Waals surface area (Å²) in [6.45, 7) is 4.79. The van der Waals surface area contributed by atoms with Gasteiger partial charge in [-0.15, -0.1) is 0 Å². The van der Waals surface area contributed by atoms with E-state index in [1.165, 1.54) is 12.1 Å². The maximum atomic E-state index is 13.1. The highest BCUT2D eigenvalue weighted by Crippen LogP contribution is 2.30. The Hall–Kier alpha value is -1.62. The van der Waals surface area contributed by atoms with E-state index < -0.39 is 0 Å². The minimum absolute atomic E-state index is 0.0249. The van der Waals surface area contributed by atoms with E-state index in [1.807, 2.05) is 18.7 Å². The smallest absolute Gasteiger partial charge is 0.238 e. The van der Waals surface area contributed by atoms with Crippen molar-refractivity contribution in [3.63, 3.8) is 0 Å². The number of hydrogen-bond acceptors (Lipinski definition) is 2. The molecule has 1 amide bonds. The molecule has 0 fully saturated rings. The summed E-state index contributed by atoms with van der Waals surface area (Å²) in [5.74, 6) is -0.485. The third kappa shape index (κ3) is 4.69. The Balaban J connectivity index is 2.06. The van der Waals surface area contributed by atoms with Gasteiger partial charge in [0.25, 0.3) is 0 Å². The number of benzene rings is 2. The van der Waals surface area contributed by atoms with Gasteiger partial charge in [-0.2, -0.15) is 0 Å². The zero-order valence-corrected chi connectivity index (χ0v) is 15.0. The van der Waals surface area contributed by atoms with Crippen molar-refractivity contribution in [2.45, 2.75) is 19.9 Å². The number of halogens is 3. The molecular weight excluding hydrogens is 350 g/mol. The maximum Gasteiger partial charge on any atom is 0.238 e. The van der Waals surface area contributed by atoms with Crippen molar-refractivity contribution < 1.29 is 9.18 Å². The molecule has 128 valence electrons. The third-order valence-electron chi connectivity index (χ3n) is 3.88. The second-order valence-corrected chi connectivity index (χ2v) is 6.25. The van der Waals surface area contributed by atoms with Gasteiger partial charge in [0.2, 0.25) is 5.91 Å². The molecule has 2 aromatic rings. The molecule has 2 rings (SSSR count). The Morgan fingerprint density at radius 1 is 1.17 bits per heavy atom. The summed E-state index contributed by atoms with van der Waals surface area (Å²) in [4.78, 5) is 14.3. The SMILES string of the molecule is CCN(CC(=O)Nc1c(Cl)cccc1Cl)[C@@H](C)c1ccc(F)cc1. The number of anilines is 1. The van der Waals surface area contributed by atoms with Crippen molar-refractivity contribution >= 4 is 34.8 Å². The molecular formula is C18H19Cl2FN2O. The topological polar surface area (TPSA) is 32.3 Å². The van der Waals surface area contributed by atoms with Crippen LogP contribution in [0.25, 0.3) is 0 Å². The normalized spacial score (nSPS) is 12.2. The first kappa shape index (κ1) is 18.7. The van der Waals surface area contributed by atoms with Crippen molar-refractivity contribution in [3.8, 4) is 0 Å². The predicted octanol–water partition coefficient (Wildman–Crippen LogP) is 5.15. The molecule has 0 aliphatic heterocycles. The van der Waals surface area contributed by atoms with Crippen molar-refractivity contribution in [1.82, 2.24) is 4.90 Å². The maximum absolute atomic E-state index is 13.1. The number of rotatable bonds is 6. The molecule has 1 atom stereocenters. The zero-order valence-electron chi connectivity index (χ0n) is 13.5. The van der Waals surface area contributed by atoms with Gasteiger partial charge in [0, 0.05) is 6.04 Å². The van der Waals surface area contributed by atoms with E-state index >= 15 is 0 Å². The van der Waals surface area contributed by atoms with E-state index in [0.29, 0.717) is 22.3 Å². The molecule has 0 bridgehead atoms. The fraction of sp³-hybridized carbons (Fsp3) is 0.278. The first-order chi connectivity index (χ1) is 11.4. The first-order valence-corrected chi connectivity index (χ1v) is 8.41. The molecule has 0 spiro atoms. The Bertz CT molecular complexity index is 686. The highest BCUT2D eigenvalue weighted by molar-refractivity contribution is 6.39. The predicted molar refractivity (Wildman–Crippen MR) is 97.2 cm³/mol. The molecule has 3 nitrogen and oxygen atoms in total. The minimum atomic E-state index is -0.278. The summed E-state index contributed by atoms with van der Waals surface area (Å²) in [6, 6.07) is 11.3. The van der Waals surface area contributed by atoms with Crippen LogP contribution in [0.4, 0.5) is 10.1 Å². The summed E-state index contributed by atoms with van der Waals surface area (Å²) >= 11 is 12.1. The summed E-state index contributed by atoms with van der Waals surface area (Å²) in [6.07, 6.45) is 0. The van der Waals surface area contributed by atoms with Crippen LogP contribution in [0.3, 0.4) is 0 Å². The van der Waals surface area contributed by atoms with E-state index in [9.17, 15) is 9.18 Å². The Kier molecular flexibility index (Phi) is 6.60. The molecule has 0 radical (unpaired) electrons. The van der Waals surface area contributed by atoms with Crippen LogP contribution in [-0.2, 0) is 4.79 Å². The van der Waals surface area contributed by atoms with Crippen molar-refractivity contribution in [3.05, 3.63) is 63.9 Å². The number of carbonyl (C=O) groups excluding carboxylic acids is 1. The van der Waals surface area contributed by atoms with Crippen molar-refractivity contribution in [1.29, 1.82) is 0 Å². The van der Waals surface area contributed by atoms with E-state index in [2.05, 4.69) is 5.32 Å². The van der Waals surface area contributed by atoms with Crippen LogP contribution in [0.1, 0.15) is 25.5 Å². The van der Waals surface area contributed by atoms with Gasteiger partial charge < -0.3 is 5.32 Å². The van der Waals surface area contributed by atoms with Crippen LogP contribution >= 0.6 is 23.2 Å². The number of para-hydroxylation sites is 1. The molecule has 0 aliphatic carbocycles. The fourth-order valence-corrected chi connectivity index (χ4v) is 2.95. The summed E-state index contributed by atoms with van der Waals surface area (Å²) in [5.41, 5.74) is 1.36. The lowest BCUT2D eigenvalue weighted by Crippen LogP contribution is -2.35. The summed E-state index contributed by atoms with van der Waals surface area (Å²) < 4.78 is 13.1. The number of amides is 1. The average molecular weight is 369 g/mol. The summed E-state index contributed by atoms with van der Waals surface area (Å²) in [7, 11) is 0. The highest BCUT2D eigenvalue weighted by atomic mass is 35.5. The molecule has 0 aliphatic rings. The van der Waals surface area contributed by atoms with Crippen LogP contribution in [0, 0.1) is 5.82 Å². The van der Waals surface area contributed by atoms with E-state index in [4.69, 9.17) is 23.2 Å². The van der Waals surface area contributed by atoms with Crippen molar-refractivity contribution in [2.75, 3.05) is 18.4 Å². The van der Waals surface area contributed by atoms with Crippen LogP contribution in [0.2, 0.25) is 10.0 Å². The second kappa shape index (κ2) is 8.47. The van der Waals surface area contributed by atoms with Gasteiger partial charge in [-0.25, -0.2) is 4.39 Å².